The fourth-order valence-electron chi connectivity index (χ4n) is 1.70. The van der Waals surface area contributed by atoms with E-state index in [0.717, 1.165) is 17.1 Å². The number of aliphatic hydroxyl groups excluding tert-OH is 1. The molecule has 4 heteroatoms. The molecule has 0 radical (unpaired) electrons. The van der Waals surface area contributed by atoms with Gasteiger partial charge in [0.2, 0.25) is 0 Å². The van der Waals surface area contributed by atoms with Crippen molar-refractivity contribution in [2.24, 2.45) is 0 Å². The van der Waals surface area contributed by atoms with Gasteiger partial charge in [0.05, 0.1) is 6.54 Å². The zero-order valence-corrected chi connectivity index (χ0v) is 11.1. The maximum atomic E-state index is 11.9. The number of aryl methyl sites for hydroxylation is 1. The lowest BCUT2D eigenvalue weighted by atomic mass is 10.1. The number of nitrogens with one attached hydrogen (secondary N) is 1. The lowest BCUT2D eigenvalue weighted by molar-refractivity contribution is 0.0948. The number of carbonyl (C=O) groups is 1. The van der Waals surface area contributed by atoms with Crippen LogP contribution >= 0.6 is 0 Å². The largest absolute Gasteiger partial charge is 0.465 e. The first kappa shape index (κ1) is 13.9. The predicted molar refractivity (Wildman–Crippen MR) is 75.0 cm³/mol. The maximum Gasteiger partial charge on any atom is 0.251 e. The fraction of sp³-hybridized carbons (Fsp3) is 0.188. The van der Waals surface area contributed by atoms with Crippen LogP contribution in [-0.4, -0.2) is 17.6 Å². The number of amides is 1. The lowest BCUT2D eigenvalue weighted by Gasteiger charge is -2.03. The Balaban J connectivity index is 1.95. The van der Waals surface area contributed by atoms with E-state index in [-0.39, 0.29) is 12.5 Å². The molecule has 20 heavy (non-hydrogen) atoms. The second-order valence-electron chi connectivity index (χ2n) is 4.23. The maximum absolute atomic E-state index is 11.9. The summed E-state index contributed by atoms with van der Waals surface area (Å²) in [4.78, 5) is 11.9. The van der Waals surface area contributed by atoms with Crippen LogP contribution in [0.1, 0.15) is 27.4 Å². The minimum Gasteiger partial charge on any atom is -0.465 e. The molecule has 0 aliphatic carbocycles. The molecule has 0 atom stereocenters. The molecule has 0 bridgehead atoms. The van der Waals surface area contributed by atoms with Crippen molar-refractivity contribution in [1.29, 1.82) is 0 Å². The van der Waals surface area contributed by atoms with E-state index in [2.05, 4.69) is 17.2 Å². The van der Waals surface area contributed by atoms with Crippen LogP contribution in [0.3, 0.4) is 0 Å². The minimum atomic E-state index is -0.176. The van der Waals surface area contributed by atoms with Crippen molar-refractivity contribution >= 4 is 5.91 Å². The van der Waals surface area contributed by atoms with E-state index in [0.29, 0.717) is 12.1 Å². The Labute approximate surface area is 117 Å². The highest BCUT2D eigenvalue weighted by Crippen LogP contribution is 2.07. The predicted octanol–water partition coefficient (Wildman–Crippen LogP) is 1.86. The molecule has 1 aromatic carbocycles. The van der Waals surface area contributed by atoms with Crippen LogP contribution in [-0.2, 0) is 6.54 Å². The molecule has 0 fully saturated rings. The van der Waals surface area contributed by atoms with Gasteiger partial charge in [-0.05, 0) is 43.3 Å². The van der Waals surface area contributed by atoms with Crippen LogP contribution in [0, 0.1) is 18.8 Å². The van der Waals surface area contributed by atoms with Gasteiger partial charge in [-0.25, -0.2) is 0 Å². The first-order chi connectivity index (χ1) is 9.69. The van der Waals surface area contributed by atoms with Gasteiger partial charge in [0.25, 0.3) is 5.91 Å². The SMILES string of the molecule is Cc1ccc(CNC(=O)c2ccc(C#CCO)cc2)o1. The summed E-state index contributed by atoms with van der Waals surface area (Å²) >= 11 is 0. The molecule has 0 saturated carbocycles. The Morgan fingerprint density at radius 2 is 2.00 bits per heavy atom. The van der Waals surface area contributed by atoms with Gasteiger partial charge in [-0.15, -0.1) is 0 Å². The topological polar surface area (TPSA) is 62.5 Å². The molecule has 1 aromatic heterocycles. The molecular formula is C16H15NO3. The summed E-state index contributed by atoms with van der Waals surface area (Å²) in [6.45, 7) is 2.04. The molecule has 0 aliphatic heterocycles. The summed E-state index contributed by atoms with van der Waals surface area (Å²) < 4.78 is 5.38. The zero-order valence-electron chi connectivity index (χ0n) is 11.1. The first-order valence-corrected chi connectivity index (χ1v) is 6.22. The number of hydrogen-bond donors (Lipinski definition) is 2. The number of benzene rings is 1. The van der Waals surface area contributed by atoms with E-state index in [1.54, 1.807) is 24.3 Å². The molecule has 1 amide bonds. The summed E-state index contributed by atoms with van der Waals surface area (Å²) in [6, 6.07) is 10.6. The third-order valence-electron chi connectivity index (χ3n) is 2.68. The summed E-state index contributed by atoms with van der Waals surface area (Å²) in [5.74, 6) is 6.71. The quantitative estimate of drug-likeness (QED) is 0.836. The number of rotatable bonds is 3. The van der Waals surface area contributed by atoms with Gasteiger partial charge < -0.3 is 14.8 Å². The van der Waals surface area contributed by atoms with Crippen LogP contribution in [0.2, 0.25) is 0 Å². The van der Waals surface area contributed by atoms with Crippen molar-refractivity contribution < 1.29 is 14.3 Å². The number of furan rings is 1. The molecular weight excluding hydrogens is 254 g/mol. The van der Waals surface area contributed by atoms with Crippen LogP contribution in [0.5, 0.6) is 0 Å². The monoisotopic (exact) mass is 269 g/mol. The third kappa shape index (κ3) is 3.74. The van der Waals surface area contributed by atoms with Gasteiger partial charge >= 0.3 is 0 Å². The van der Waals surface area contributed by atoms with Gasteiger partial charge in [0.1, 0.15) is 18.1 Å². The van der Waals surface area contributed by atoms with Crippen LogP contribution < -0.4 is 5.32 Å². The molecule has 2 N–H and O–H groups in total. The molecule has 0 spiro atoms. The summed E-state index contributed by atoms with van der Waals surface area (Å²) in [5.41, 5.74) is 1.32. The molecule has 102 valence electrons. The molecule has 0 unspecified atom stereocenters. The Kier molecular flexibility index (Phi) is 4.59. The Morgan fingerprint density at radius 3 is 2.60 bits per heavy atom. The van der Waals surface area contributed by atoms with Crippen molar-refractivity contribution in [3.05, 3.63) is 59.0 Å². The van der Waals surface area contributed by atoms with Gasteiger partial charge in [-0.3, -0.25) is 4.79 Å². The van der Waals surface area contributed by atoms with E-state index >= 15 is 0 Å². The number of hydrogen-bond acceptors (Lipinski definition) is 3. The standard InChI is InChI=1S/C16H15NO3/c1-12-4-9-15(20-12)11-17-16(19)14-7-5-13(6-8-14)3-2-10-18/h4-9,18H,10-11H2,1H3,(H,17,19). The Hall–Kier alpha value is -2.51. The Bertz CT molecular complexity index is 644. The number of aliphatic hydroxyl groups is 1. The van der Waals surface area contributed by atoms with E-state index in [1.807, 2.05) is 19.1 Å². The van der Waals surface area contributed by atoms with E-state index in [4.69, 9.17) is 9.52 Å². The van der Waals surface area contributed by atoms with Gasteiger partial charge in [0.15, 0.2) is 0 Å². The molecule has 4 nitrogen and oxygen atoms in total. The summed E-state index contributed by atoms with van der Waals surface area (Å²) in [7, 11) is 0. The average Bonchev–Trinajstić information content (AvgIpc) is 2.89. The van der Waals surface area contributed by atoms with Crippen molar-refractivity contribution in [3.8, 4) is 11.8 Å². The van der Waals surface area contributed by atoms with Crippen LogP contribution in [0.4, 0.5) is 0 Å². The van der Waals surface area contributed by atoms with Gasteiger partial charge in [-0.1, -0.05) is 11.8 Å². The third-order valence-corrected chi connectivity index (χ3v) is 2.68. The molecule has 0 saturated heterocycles. The second-order valence-corrected chi connectivity index (χ2v) is 4.23. The van der Waals surface area contributed by atoms with Gasteiger partial charge in [0, 0.05) is 11.1 Å². The van der Waals surface area contributed by atoms with Crippen LogP contribution in [0.15, 0.2) is 40.8 Å². The zero-order chi connectivity index (χ0) is 14.4. The van der Waals surface area contributed by atoms with Crippen molar-refractivity contribution in [1.82, 2.24) is 5.32 Å². The van der Waals surface area contributed by atoms with Crippen molar-refractivity contribution in [2.75, 3.05) is 6.61 Å². The smallest absolute Gasteiger partial charge is 0.251 e. The van der Waals surface area contributed by atoms with Gasteiger partial charge in [-0.2, -0.15) is 0 Å². The first-order valence-electron chi connectivity index (χ1n) is 6.22. The number of carbonyl (C=O) groups excluding carboxylic acids is 1. The van der Waals surface area contributed by atoms with E-state index in [9.17, 15) is 4.79 Å². The second kappa shape index (κ2) is 6.60. The molecule has 2 aromatic rings. The summed E-state index contributed by atoms with van der Waals surface area (Å²) in [6.07, 6.45) is 0. The normalized spacial score (nSPS) is 9.70. The lowest BCUT2D eigenvalue weighted by Crippen LogP contribution is -2.22. The fourth-order valence-corrected chi connectivity index (χ4v) is 1.70. The minimum absolute atomic E-state index is 0.166. The molecule has 1 heterocycles. The molecule has 0 aliphatic rings. The average molecular weight is 269 g/mol. The van der Waals surface area contributed by atoms with E-state index in [1.165, 1.54) is 0 Å². The Morgan fingerprint density at radius 1 is 1.25 bits per heavy atom. The van der Waals surface area contributed by atoms with Crippen molar-refractivity contribution in [2.45, 2.75) is 13.5 Å². The van der Waals surface area contributed by atoms with E-state index < -0.39 is 0 Å². The van der Waals surface area contributed by atoms with Crippen LogP contribution in [0.25, 0.3) is 0 Å². The summed E-state index contributed by atoms with van der Waals surface area (Å²) in [5, 5.41) is 11.4. The highest BCUT2D eigenvalue weighted by molar-refractivity contribution is 5.94. The highest BCUT2D eigenvalue weighted by atomic mass is 16.3. The molecule has 2 rings (SSSR count). The van der Waals surface area contributed by atoms with Crippen molar-refractivity contribution in [3.63, 3.8) is 0 Å². The highest BCUT2D eigenvalue weighted by Gasteiger charge is 2.06.